The van der Waals surface area contributed by atoms with Crippen molar-refractivity contribution < 1.29 is 13.2 Å². The Kier molecular flexibility index (Phi) is 4.28. The predicted molar refractivity (Wildman–Crippen MR) is 109 cm³/mol. The normalized spacial score (nSPS) is 21.2. The first-order valence-corrected chi connectivity index (χ1v) is 12.2. The molecule has 2 aliphatic rings. The van der Waals surface area contributed by atoms with E-state index >= 15 is 0 Å². The van der Waals surface area contributed by atoms with Crippen LogP contribution in [0.1, 0.15) is 25.0 Å². The molecule has 8 heteroatoms. The van der Waals surface area contributed by atoms with Gasteiger partial charge in [0, 0.05) is 34.9 Å². The van der Waals surface area contributed by atoms with E-state index in [0.717, 1.165) is 34.8 Å². The highest BCUT2D eigenvalue weighted by Gasteiger charge is 2.42. The van der Waals surface area contributed by atoms with Gasteiger partial charge in [0.25, 0.3) is 0 Å². The number of carbonyl (C=O) groups excluding carboxylic acids is 1. The summed E-state index contributed by atoms with van der Waals surface area (Å²) in [6.07, 6.45) is 4.77. The fourth-order valence-corrected chi connectivity index (χ4v) is 6.59. The zero-order valence-electron chi connectivity index (χ0n) is 15.3. The molecular formula is C20H21N3O3S2. The van der Waals surface area contributed by atoms with Gasteiger partial charge in [-0.15, -0.1) is 11.3 Å². The molecule has 1 unspecified atom stereocenters. The third-order valence-electron chi connectivity index (χ3n) is 5.52. The second kappa shape index (κ2) is 6.70. The molecule has 1 aromatic carbocycles. The molecule has 2 aromatic heterocycles. The number of benzene rings is 1. The van der Waals surface area contributed by atoms with E-state index in [0.29, 0.717) is 6.42 Å². The molecule has 1 saturated carbocycles. The predicted octanol–water partition coefficient (Wildman–Crippen LogP) is 2.78. The van der Waals surface area contributed by atoms with E-state index in [1.165, 1.54) is 11.3 Å². The molecule has 28 heavy (non-hydrogen) atoms. The quantitative estimate of drug-likeness (QED) is 0.642. The molecule has 1 amide bonds. The van der Waals surface area contributed by atoms with Crippen LogP contribution >= 0.6 is 11.3 Å². The average Bonchev–Trinajstić information content (AvgIpc) is 3.14. The molecule has 1 aliphatic carbocycles. The topological polar surface area (TPSA) is 71.8 Å². The molecule has 3 aromatic rings. The first-order valence-electron chi connectivity index (χ1n) is 9.53. The Morgan fingerprint density at radius 3 is 2.64 bits per heavy atom. The van der Waals surface area contributed by atoms with E-state index in [2.05, 4.69) is 4.98 Å². The minimum atomic E-state index is -3.01. The average molecular weight is 416 g/mol. The van der Waals surface area contributed by atoms with Crippen molar-refractivity contribution in [2.24, 2.45) is 0 Å². The number of rotatable bonds is 5. The Morgan fingerprint density at radius 2 is 1.96 bits per heavy atom. The van der Waals surface area contributed by atoms with Crippen molar-refractivity contribution in [3.63, 3.8) is 0 Å². The van der Waals surface area contributed by atoms with Gasteiger partial charge >= 0.3 is 0 Å². The third kappa shape index (κ3) is 3.35. The number of aromatic nitrogens is 2. The summed E-state index contributed by atoms with van der Waals surface area (Å²) >= 11 is 1.52. The van der Waals surface area contributed by atoms with Crippen molar-refractivity contribution >= 4 is 32.0 Å². The number of thiazole rings is 1. The van der Waals surface area contributed by atoms with Crippen LogP contribution in [0.15, 0.2) is 41.9 Å². The Hall–Kier alpha value is -2.19. The third-order valence-corrected chi connectivity index (χ3v) is 8.15. The van der Waals surface area contributed by atoms with Crippen molar-refractivity contribution in [3.05, 3.63) is 47.6 Å². The van der Waals surface area contributed by atoms with Crippen molar-refractivity contribution in [1.29, 1.82) is 0 Å². The van der Waals surface area contributed by atoms with E-state index < -0.39 is 9.84 Å². The smallest absolute Gasteiger partial charge is 0.229 e. The van der Waals surface area contributed by atoms with Crippen LogP contribution in [-0.2, 0) is 21.1 Å². The summed E-state index contributed by atoms with van der Waals surface area (Å²) in [4.78, 5) is 20.5. The van der Waals surface area contributed by atoms with Crippen LogP contribution in [0.4, 0.5) is 0 Å². The summed E-state index contributed by atoms with van der Waals surface area (Å²) in [7, 11) is -3.01. The van der Waals surface area contributed by atoms with E-state index in [1.807, 2.05) is 51.2 Å². The molecule has 1 saturated heterocycles. The molecule has 3 heterocycles. The first-order chi connectivity index (χ1) is 13.5. The SMILES string of the molecule is O=C(Cc1csc2nc(-c3ccccc3)cn12)N(C1CC1)C1CCS(=O)(=O)C1. The largest absolute Gasteiger partial charge is 0.335 e. The molecule has 2 fully saturated rings. The van der Waals surface area contributed by atoms with E-state index in [-0.39, 0.29) is 35.9 Å². The maximum absolute atomic E-state index is 13.1. The fourth-order valence-electron chi connectivity index (χ4n) is 4.00. The minimum absolute atomic E-state index is 0.0271. The van der Waals surface area contributed by atoms with Crippen molar-refractivity contribution in [2.75, 3.05) is 11.5 Å². The number of fused-ring (bicyclic) bond motifs is 1. The summed E-state index contributed by atoms with van der Waals surface area (Å²) in [6.45, 7) is 0. The number of carbonyl (C=O) groups is 1. The molecule has 6 nitrogen and oxygen atoms in total. The molecule has 1 aliphatic heterocycles. The zero-order chi connectivity index (χ0) is 19.3. The van der Waals surface area contributed by atoms with Gasteiger partial charge in [-0.2, -0.15) is 0 Å². The lowest BCUT2D eigenvalue weighted by atomic mass is 10.2. The summed E-state index contributed by atoms with van der Waals surface area (Å²) in [6, 6.07) is 10.0. The highest BCUT2D eigenvalue weighted by atomic mass is 32.2. The van der Waals surface area contributed by atoms with Crippen LogP contribution in [0.25, 0.3) is 16.2 Å². The summed E-state index contributed by atoms with van der Waals surface area (Å²) in [5.41, 5.74) is 2.85. The molecule has 0 radical (unpaired) electrons. The molecular weight excluding hydrogens is 394 g/mol. The fraction of sp³-hybridized carbons (Fsp3) is 0.400. The van der Waals surface area contributed by atoms with Crippen LogP contribution in [-0.4, -0.2) is 52.2 Å². The van der Waals surface area contributed by atoms with Gasteiger partial charge in [-0.25, -0.2) is 13.4 Å². The maximum Gasteiger partial charge on any atom is 0.229 e. The number of sulfone groups is 1. The molecule has 1 atom stereocenters. The van der Waals surface area contributed by atoms with Crippen LogP contribution in [0, 0.1) is 0 Å². The Balaban J connectivity index is 1.40. The Morgan fingerprint density at radius 1 is 1.18 bits per heavy atom. The second-order valence-electron chi connectivity index (χ2n) is 7.64. The van der Waals surface area contributed by atoms with Crippen LogP contribution in [0.3, 0.4) is 0 Å². The molecule has 5 rings (SSSR count). The lowest BCUT2D eigenvalue weighted by Crippen LogP contribution is -2.43. The summed E-state index contributed by atoms with van der Waals surface area (Å²) in [5, 5.41) is 1.98. The first kappa shape index (κ1) is 17.9. The van der Waals surface area contributed by atoms with Gasteiger partial charge in [-0.1, -0.05) is 30.3 Å². The number of hydrogen-bond acceptors (Lipinski definition) is 5. The second-order valence-corrected chi connectivity index (χ2v) is 10.7. The summed E-state index contributed by atoms with van der Waals surface area (Å²) < 4.78 is 25.8. The summed E-state index contributed by atoms with van der Waals surface area (Å²) in [5.74, 6) is 0.329. The van der Waals surface area contributed by atoms with Crippen molar-refractivity contribution in [2.45, 2.75) is 37.8 Å². The Bertz CT molecular complexity index is 1130. The number of nitrogens with zero attached hydrogens (tertiary/aromatic N) is 3. The highest BCUT2D eigenvalue weighted by Crippen LogP contribution is 2.33. The van der Waals surface area contributed by atoms with Crippen LogP contribution < -0.4 is 0 Å². The van der Waals surface area contributed by atoms with Crippen LogP contribution in [0.2, 0.25) is 0 Å². The Labute approximate surface area is 167 Å². The van der Waals surface area contributed by atoms with Gasteiger partial charge in [0.15, 0.2) is 14.8 Å². The maximum atomic E-state index is 13.1. The van der Waals surface area contributed by atoms with Gasteiger partial charge < -0.3 is 4.90 Å². The molecule has 146 valence electrons. The number of amides is 1. The van der Waals surface area contributed by atoms with Gasteiger partial charge in [-0.05, 0) is 19.3 Å². The van der Waals surface area contributed by atoms with E-state index in [4.69, 9.17) is 0 Å². The van der Waals surface area contributed by atoms with E-state index in [1.54, 1.807) is 0 Å². The highest BCUT2D eigenvalue weighted by molar-refractivity contribution is 7.91. The number of imidazole rings is 1. The minimum Gasteiger partial charge on any atom is -0.335 e. The van der Waals surface area contributed by atoms with Gasteiger partial charge in [0.2, 0.25) is 5.91 Å². The standard InChI is InChI=1S/C20H21N3O3S2/c24-19(23(15-6-7-15)16-8-9-28(25,26)13-16)10-17-12-27-20-21-18(11-22(17)20)14-4-2-1-3-5-14/h1-5,11-12,15-16H,6-10,13H2. The number of hydrogen-bond donors (Lipinski definition) is 0. The lowest BCUT2D eigenvalue weighted by Gasteiger charge is -2.28. The van der Waals surface area contributed by atoms with Gasteiger partial charge in [0.05, 0.1) is 23.6 Å². The lowest BCUT2D eigenvalue weighted by molar-refractivity contribution is -0.133. The molecule has 0 bridgehead atoms. The van der Waals surface area contributed by atoms with Crippen molar-refractivity contribution in [3.8, 4) is 11.3 Å². The van der Waals surface area contributed by atoms with E-state index in [9.17, 15) is 13.2 Å². The molecule has 0 N–H and O–H groups in total. The van der Waals surface area contributed by atoms with Gasteiger partial charge in [-0.3, -0.25) is 9.20 Å². The van der Waals surface area contributed by atoms with Crippen molar-refractivity contribution in [1.82, 2.24) is 14.3 Å². The monoisotopic (exact) mass is 415 g/mol. The zero-order valence-corrected chi connectivity index (χ0v) is 17.0. The molecule has 0 spiro atoms. The van der Waals surface area contributed by atoms with Crippen LogP contribution in [0.5, 0.6) is 0 Å². The van der Waals surface area contributed by atoms with Gasteiger partial charge in [0.1, 0.15) is 0 Å².